The van der Waals surface area contributed by atoms with E-state index in [1.165, 1.54) is 0 Å². The Balaban J connectivity index is 2.84. The van der Waals surface area contributed by atoms with Gasteiger partial charge in [-0.05, 0) is 36.5 Å². The minimum Gasteiger partial charge on any atom is -0.385 e. The van der Waals surface area contributed by atoms with Crippen molar-refractivity contribution in [2.45, 2.75) is 34.6 Å². The third-order valence-electron chi connectivity index (χ3n) is 3.86. The maximum Gasteiger partial charge on any atom is 0.253 e. The fourth-order valence-corrected chi connectivity index (χ4v) is 1.83. The zero-order valence-corrected chi connectivity index (χ0v) is 13.8. The van der Waals surface area contributed by atoms with Crippen molar-refractivity contribution in [3.8, 4) is 0 Å². The van der Waals surface area contributed by atoms with Crippen molar-refractivity contribution in [1.82, 2.24) is 5.32 Å². The number of amides is 1. The van der Waals surface area contributed by atoms with Gasteiger partial charge in [0, 0.05) is 23.8 Å². The molecule has 0 aliphatic carbocycles. The predicted molar refractivity (Wildman–Crippen MR) is 86.6 cm³/mol. The van der Waals surface area contributed by atoms with Crippen LogP contribution in [0.3, 0.4) is 0 Å². The molecule has 20 heavy (non-hydrogen) atoms. The molecule has 0 heterocycles. The molecule has 1 aromatic rings. The van der Waals surface area contributed by atoms with E-state index in [0.717, 1.165) is 12.2 Å². The van der Waals surface area contributed by atoms with E-state index >= 15 is 0 Å². The smallest absolute Gasteiger partial charge is 0.253 e. The first-order valence-electron chi connectivity index (χ1n) is 7.09. The minimum absolute atomic E-state index is 0.0621. The van der Waals surface area contributed by atoms with Gasteiger partial charge in [0.25, 0.3) is 5.91 Å². The van der Waals surface area contributed by atoms with Crippen molar-refractivity contribution in [3.05, 3.63) is 28.8 Å². The first-order chi connectivity index (χ1) is 9.27. The van der Waals surface area contributed by atoms with Crippen LogP contribution >= 0.6 is 11.6 Å². The Hall–Kier alpha value is -1.22. The van der Waals surface area contributed by atoms with Gasteiger partial charge in [-0.2, -0.15) is 0 Å². The summed E-state index contributed by atoms with van der Waals surface area (Å²) in [5, 5.41) is 6.76. The van der Waals surface area contributed by atoms with Crippen LogP contribution in [0.4, 0.5) is 5.69 Å². The highest BCUT2D eigenvalue weighted by molar-refractivity contribution is 6.31. The third-order valence-corrected chi connectivity index (χ3v) is 4.10. The van der Waals surface area contributed by atoms with Crippen molar-refractivity contribution >= 4 is 23.2 Å². The molecule has 0 aliphatic rings. The van der Waals surface area contributed by atoms with Gasteiger partial charge in [0.05, 0.1) is 5.56 Å². The summed E-state index contributed by atoms with van der Waals surface area (Å²) >= 11 is 5.99. The number of benzene rings is 1. The van der Waals surface area contributed by atoms with Crippen LogP contribution in [0.2, 0.25) is 5.02 Å². The second-order valence-electron chi connectivity index (χ2n) is 6.05. The zero-order valence-electron chi connectivity index (χ0n) is 13.0. The van der Waals surface area contributed by atoms with Crippen molar-refractivity contribution in [2.24, 2.45) is 11.3 Å². The molecule has 1 amide bonds. The van der Waals surface area contributed by atoms with Crippen LogP contribution in [0.15, 0.2) is 18.2 Å². The molecule has 112 valence electrons. The van der Waals surface area contributed by atoms with Crippen molar-refractivity contribution < 1.29 is 4.79 Å². The lowest BCUT2D eigenvalue weighted by atomic mass is 9.81. The molecule has 0 bridgehead atoms. The molecule has 0 saturated heterocycles. The highest BCUT2D eigenvalue weighted by Gasteiger charge is 2.23. The Bertz CT molecular complexity index is 470. The number of halogens is 1. The van der Waals surface area contributed by atoms with Crippen molar-refractivity contribution in [1.29, 1.82) is 0 Å². The van der Waals surface area contributed by atoms with Gasteiger partial charge in [-0.25, -0.2) is 0 Å². The number of hydrogen-bond donors (Lipinski definition) is 2. The Morgan fingerprint density at radius 3 is 2.55 bits per heavy atom. The summed E-state index contributed by atoms with van der Waals surface area (Å²) in [7, 11) is 0. The molecule has 0 aromatic heterocycles. The SMILES string of the molecule is CCNc1ccc(Cl)cc1C(=O)NCC(C)(C)C(C)C. The first-order valence-corrected chi connectivity index (χ1v) is 7.47. The Labute approximate surface area is 127 Å². The van der Waals surface area contributed by atoms with E-state index in [4.69, 9.17) is 11.6 Å². The molecule has 0 aliphatic heterocycles. The highest BCUT2D eigenvalue weighted by Crippen LogP contribution is 2.25. The molecule has 0 saturated carbocycles. The summed E-state index contributed by atoms with van der Waals surface area (Å²) < 4.78 is 0. The monoisotopic (exact) mass is 296 g/mol. The van der Waals surface area contributed by atoms with Gasteiger partial charge in [0.2, 0.25) is 0 Å². The molecular weight excluding hydrogens is 272 g/mol. The maximum absolute atomic E-state index is 12.4. The van der Waals surface area contributed by atoms with Crippen LogP contribution in [-0.2, 0) is 0 Å². The number of nitrogens with one attached hydrogen (secondary N) is 2. The molecule has 4 heteroatoms. The van der Waals surface area contributed by atoms with Crippen molar-refractivity contribution in [3.63, 3.8) is 0 Å². The lowest BCUT2D eigenvalue weighted by molar-refractivity contribution is 0.0925. The quantitative estimate of drug-likeness (QED) is 0.826. The largest absolute Gasteiger partial charge is 0.385 e. The summed E-state index contributed by atoms with van der Waals surface area (Å²) in [6, 6.07) is 5.33. The van der Waals surface area contributed by atoms with E-state index in [1.807, 2.05) is 13.0 Å². The van der Waals surface area contributed by atoms with Crippen molar-refractivity contribution in [2.75, 3.05) is 18.4 Å². The van der Waals surface area contributed by atoms with Gasteiger partial charge in [-0.3, -0.25) is 4.79 Å². The average Bonchev–Trinajstić information content (AvgIpc) is 2.38. The van der Waals surface area contributed by atoms with Crippen LogP contribution in [0.1, 0.15) is 45.0 Å². The van der Waals surface area contributed by atoms with Crippen LogP contribution in [0.5, 0.6) is 0 Å². The third kappa shape index (κ3) is 4.41. The van der Waals surface area contributed by atoms with E-state index in [0.29, 0.717) is 23.0 Å². The van der Waals surface area contributed by atoms with Crippen LogP contribution in [-0.4, -0.2) is 19.0 Å². The number of hydrogen-bond acceptors (Lipinski definition) is 2. The van der Waals surface area contributed by atoms with Crippen LogP contribution < -0.4 is 10.6 Å². The fraction of sp³-hybridized carbons (Fsp3) is 0.562. The molecule has 3 nitrogen and oxygen atoms in total. The van der Waals surface area contributed by atoms with Gasteiger partial charge in [-0.1, -0.05) is 39.3 Å². The maximum atomic E-state index is 12.4. The van der Waals surface area contributed by atoms with E-state index in [2.05, 4.69) is 38.3 Å². The van der Waals surface area contributed by atoms with E-state index < -0.39 is 0 Å². The normalized spacial score (nSPS) is 11.6. The molecule has 2 N–H and O–H groups in total. The van der Waals surface area contributed by atoms with Gasteiger partial charge in [0.1, 0.15) is 0 Å². The highest BCUT2D eigenvalue weighted by atomic mass is 35.5. The predicted octanol–water partition coefficient (Wildman–Crippen LogP) is 4.18. The first kappa shape index (κ1) is 16.8. The Morgan fingerprint density at radius 1 is 1.35 bits per heavy atom. The Morgan fingerprint density at radius 2 is 2.00 bits per heavy atom. The van der Waals surface area contributed by atoms with Gasteiger partial charge >= 0.3 is 0 Å². The summed E-state index contributed by atoms with van der Waals surface area (Å²) in [5.74, 6) is 0.410. The molecule has 0 fully saturated rings. The number of carbonyl (C=O) groups excluding carboxylic acids is 1. The molecular formula is C16H25ClN2O. The average molecular weight is 297 g/mol. The molecule has 1 rings (SSSR count). The van der Waals surface area contributed by atoms with E-state index in [9.17, 15) is 4.79 Å². The second kappa shape index (κ2) is 6.98. The zero-order chi connectivity index (χ0) is 15.3. The topological polar surface area (TPSA) is 41.1 Å². The van der Waals surface area contributed by atoms with E-state index in [1.54, 1.807) is 12.1 Å². The second-order valence-corrected chi connectivity index (χ2v) is 6.48. The number of carbonyl (C=O) groups is 1. The lowest BCUT2D eigenvalue weighted by Crippen LogP contribution is -2.37. The molecule has 1 aromatic carbocycles. The number of rotatable bonds is 6. The molecule has 0 spiro atoms. The summed E-state index contributed by atoms with van der Waals surface area (Å²) in [4.78, 5) is 12.4. The summed E-state index contributed by atoms with van der Waals surface area (Å²) in [5.41, 5.74) is 1.47. The summed E-state index contributed by atoms with van der Waals surface area (Å²) in [6.45, 7) is 12.0. The lowest BCUT2D eigenvalue weighted by Gasteiger charge is -2.29. The van der Waals surface area contributed by atoms with Crippen LogP contribution in [0.25, 0.3) is 0 Å². The number of anilines is 1. The summed E-state index contributed by atoms with van der Waals surface area (Å²) in [6.07, 6.45) is 0. The standard InChI is InChI=1S/C16H25ClN2O/c1-6-18-14-8-7-12(17)9-13(14)15(20)19-10-16(4,5)11(2)3/h7-9,11,18H,6,10H2,1-5H3,(H,19,20). The fourth-order valence-electron chi connectivity index (χ4n) is 1.66. The van der Waals surface area contributed by atoms with Gasteiger partial charge in [0.15, 0.2) is 0 Å². The Kier molecular flexibility index (Phi) is 5.88. The molecule has 0 atom stereocenters. The van der Waals surface area contributed by atoms with E-state index in [-0.39, 0.29) is 11.3 Å². The van der Waals surface area contributed by atoms with Gasteiger partial charge in [-0.15, -0.1) is 0 Å². The van der Waals surface area contributed by atoms with Gasteiger partial charge < -0.3 is 10.6 Å². The molecule has 0 radical (unpaired) electrons. The minimum atomic E-state index is -0.0859. The molecule has 0 unspecified atom stereocenters. The van der Waals surface area contributed by atoms with Crippen LogP contribution in [0, 0.1) is 11.3 Å².